The van der Waals surface area contributed by atoms with Crippen molar-refractivity contribution >= 4 is 17.4 Å². The van der Waals surface area contributed by atoms with E-state index in [1.54, 1.807) is 6.20 Å². The van der Waals surface area contributed by atoms with E-state index in [0.29, 0.717) is 16.5 Å². The molecule has 1 spiro atoms. The molecule has 3 rings (SSSR count). The fraction of sp³-hybridized carbons (Fsp3) is 0.667. The average Bonchev–Trinajstić information content (AvgIpc) is 2.86. The van der Waals surface area contributed by atoms with E-state index in [9.17, 15) is 0 Å². The molecule has 1 saturated heterocycles. The summed E-state index contributed by atoms with van der Waals surface area (Å²) in [6, 6.07) is 4.39. The number of anilines is 1. The van der Waals surface area contributed by atoms with Crippen LogP contribution in [-0.4, -0.2) is 24.1 Å². The van der Waals surface area contributed by atoms with Crippen molar-refractivity contribution in [1.29, 1.82) is 0 Å². The first kappa shape index (κ1) is 13.2. The smallest absolute Gasteiger partial charge is 0.126 e. The van der Waals surface area contributed by atoms with E-state index in [0.717, 1.165) is 12.4 Å². The molecule has 1 aliphatic carbocycles. The number of nitrogens with zero attached hydrogens (tertiary/aromatic N) is 1. The van der Waals surface area contributed by atoms with Crippen LogP contribution in [0, 0.1) is 5.41 Å². The van der Waals surface area contributed by atoms with Crippen LogP contribution in [0.1, 0.15) is 38.5 Å². The molecule has 0 amide bonds. The summed E-state index contributed by atoms with van der Waals surface area (Å²) >= 11 is 5.84. The summed E-state index contributed by atoms with van der Waals surface area (Å²) in [4.78, 5) is 4.28. The second-order valence-corrected chi connectivity index (χ2v) is 6.49. The number of hydrogen-bond acceptors (Lipinski definition) is 3. The molecule has 2 N–H and O–H groups in total. The summed E-state index contributed by atoms with van der Waals surface area (Å²) in [5.74, 6) is 0.914. The Bertz CT molecular complexity index is 412. The van der Waals surface area contributed by atoms with Crippen molar-refractivity contribution in [1.82, 2.24) is 10.3 Å². The number of nitrogens with one attached hydrogen (secondary N) is 2. The van der Waals surface area contributed by atoms with Gasteiger partial charge in [-0.2, -0.15) is 0 Å². The van der Waals surface area contributed by atoms with Gasteiger partial charge in [-0.1, -0.05) is 24.4 Å². The normalized spacial score (nSPS) is 25.6. The first-order valence-corrected chi connectivity index (χ1v) is 7.72. The number of pyridine rings is 1. The Kier molecular flexibility index (Phi) is 3.94. The lowest BCUT2D eigenvalue weighted by Crippen LogP contribution is -2.46. The number of halogens is 1. The van der Waals surface area contributed by atoms with Gasteiger partial charge in [0, 0.05) is 18.8 Å². The van der Waals surface area contributed by atoms with Gasteiger partial charge in [0.05, 0.1) is 5.02 Å². The van der Waals surface area contributed by atoms with E-state index in [1.807, 2.05) is 12.1 Å². The van der Waals surface area contributed by atoms with Crippen LogP contribution in [0.4, 0.5) is 5.82 Å². The summed E-state index contributed by atoms with van der Waals surface area (Å²) < 4.78 is 0. The maximum atomic E-state index is 5.84. The fourth-order valence-corrected chi connectivity index (χ4v) is 3.78. The van der Waals surface area contributed by atoms with E-state index in [-0.39, 0.29) is 0 Å². The fourth-order valence-electron chi connectivity index (χ4n) is 3.67. The molecule has 0 bridgehead atoms. The van der Waals surface area contributed by atoms with Crippen molar-refractivity contribution in [3.8, 4) is 0 Å². The van der Waals surface area contributed by atoms with Gasteiger partial charge in [0.1, 0.15) is 5.82 Å². The lowest BCUT2D eigenvalue weighted by Gasteiger charge is -2.39. The van der Waals surface area contributed by atoms with Gasteiger partial charge in [0.25, 0.3) is 0 Å². The second kappa shape index (κ2) is 5.68. The highest BCUT2D eigenvalue weighted by atomic mass is 35.5. The topological polar surface area (TPSA) is 37.0 Å². The number of rotatable bonds is 3. The molecule has 2 fully saturated rings. The van der Waals surface area contributed by atoms with E-state index < -0.39 is 0 Å². The van der Waals surface area contributed by atoms with Crippen molar-refractivity contribution in [3.05, 3.63) is 23.4 Å². The minimum Gasteiger partial charge on any atom is -0.369 e. The lowest BCUT2D eigenvalue weighted by molar-refractivity contribution is 0.174. The third kappa shape index (κ3) is 3.21. The second-order valence-electron chi connectivity index (χ2n) is 6.05. The van der Waals surface area contributed by atoms with Gasteiger partial charge >= 0.3 is 0 Å². The van der Waals surface area contributed by atoms with Crippen LogP contribution in [0.3, 0.4) is 0 Å². The van der Waals surface area contributed by atoms with Crippen molar-refractivity contribution in [2.75, 3.05) is 18.4 Å². The van der Waals surface area contributed by atoms with Gasteiger partial charge in [-0.05, 0) is 49.8 Å². The molecule has 19 heavy (non-hydrogen) atoms. The van der Waals surface area contributed by atoms with E-state index >= 15 is 0 Å². The third-order valence-electron chi connectivity index (χ3n) is 4.69. The van der Waals surface area contributed by atoms with Crippen molar-refractivity contribution in [2.24, 2.45) is 5.41 Å². The molecule has 1 aromatic heterocycles. The van der Waals surface area contributed by atoms with Gasteiger partial charge < -0.3 is 10.6 Å². The highest BCUT2D eigenvalue weighted by Crippen LogP contribution is 2.46. The highest BCUT2D eigenvalue weighted by molar-refractivity contribution is 6.30. The molecule has 1 aromatic rings. The van der Waals surface area contributed by atoms with Gasteiger partial charge in [-0.25, -0.2) is 4.98 Å². The summed E-state index contributed by atoms with van der Waals surface area (Å²) in [5, 5.41) is 7.74. The molecule has 1 aliphatic heterocycles. The Morgan fingerprint density at radius 1 is 1.32 bits per heavy atom. The van der Waals surface area contributed by atoms with Gasteiger partial charge in [0.15, 0.2) is 0 Å². The predicted octanol–water partition coefficient (Wildman–Crippen LogP) is 3.46. The Balaban J connectivity index is 1.53. The maximum Gasteiger partial charge on any atom is 0.126 e. The lowest BCUT2D eigenvalue weighted by atomic mass is 9.75. The molecule has 2 heterocycles. The molecular formula is C15H22ClN3. The highest BCUT2D eigenvalue weighted by Gasteiger charge is 2.38. The maximum absolute atomic E-state index is 5.84. The van der Waals surface area contributed by atoms with Crippen molar-refractivity contribution in [3.63, 3.8) is 0 Å². The Hall–Kier alpha value is -0.800. The molecule has 1 saturated carbocycles. The predicted molar refractivity (Wildman–Crippen MR) is 79.7 cm³/mol. The summed E-state index contributed by atoms with van der Waals surface area (Å²) in [6.07, 6.45) is 10.1. The molecule has 3 nitrogen and oxygen atoms in total. The Morgan fingerprint density at radius 2 is 2.16 bits per heavy atom. The van der Waals surface area contributed by atoms with Gasteiger partial charge in [-0.3, -0.25) is 0 Å². The van der Waals surface area contributed by atoms with Gasteiger partial charge in [0.2, 0.25) is 0 Å². The summed E-state index contributed by atoms with van der Waals surface area (Å²) in [7, 11) is 0. The standard InChI is InChI=1S/C15H22ClN3/c16-12-3-4-14(18-10-12)19-11-13-9-15(7-8-17-13)5-1-2-6-15/h3-4,10,13,17H,1-2,5-9,11H2,(H,18,19). The van der Waals surface area contributed by atoms with Crippen LogP contribution >= 0.6 is 11.6 Å². The molecule has 4 heteroatoms. The third-order valence-corrected chi connectivity index (χ3v) is 4.91. The molecule has 1 atom stereocenters. The van der Waals surface area contributed by atoms with E-state index in [4.69, 9.17) is 11.6 Å². The largest absolute Gasteiger partial charge is 0.369 e. The summed E-state index contributed by atoms with van der Waals surface area (Å²) in [6.45, 7) is 2.12. The molecule has 0 aromatic carbocycles. The van der Waals surface area contributed by atoms with Crippen molar-refractivity contribution in [2.45, 2.75) is 44.6 Å². The van der Waals surface area contributed by atoms with Crippen LogP contribution in [0.15, 0.2) is 18.3 Å². The number of hydrogen-bond donors (Lipinski definition) is 2. The zero-order valence-electron chi connectivity index (χ0n) is 11.3. The van der Waals surface area contributed by atoms with Crippen molar-refractivity contribution < 1.29 is 0 Å². The van der Waals surface area contributed by atoms with Crippen LogP contribution in [-0.2, 0) is 0 Å². The molecule has 0 radical (unpaired) electrons. The zero-order valence-corrected chi connectivity index (χ0v) is 12.0. The number of piperidine rings is 1. The molecule has 104 valence electrons. The van der Waals surface area contributed by atoms with Crippen LogP contribution < -0.4 is 10.6 Å². The van der Waals surface area contributed by atoms with Crippen LogP contribution in [0.2, 0.25) is 5.02 Å². The molecule has 1 unspecified atom stereocenters. The zero-order chi connectivity index (χ0) is 13.1. The van der Waals surface area contributed by atoms with Crippen LogP contribution in [0.5, 0.6) is 0 Å². The SMILES string of the molecule is Clc1ccc(NCC2CC3(CCCC3)CCN2)nc1. The minimum absolute atomic E-state index is 0.573. The summed E-state index contributed by atoms with van der Waals surface area (Å²) in [5.41, 5.74) is 0.644. The Morgan fingerprint density at radius 3 is 2.89 bits per heavy atom. The van der Waals surface area contributed by atoms with Crippen LogP contribution in [0.25, 0.3) is 0 Å². The van der Waals surface area contributed by atoms with Gasteiger partial charge in [-0.15, -0.1) is 0 Å². The Labute approximate surface area is 120 Å². The minimum atomic E-state index is 0.573. The first-order chi connectivity index (χ1) is 9.26. The number of aromatic nitrogens is 1. The molecule has 2 aliphatic rings. The van der Waals surface area contributed by atoms with E-state index in [2.05, 4.69) is 15.6 Å². The quantitative estimate of drug-likeness (QED) is 0.890. The average molecular weight is 280 g/mol. The molecular weight excluding hydrogens is 258 g/mol. The monoisotopic (exact) mass is 279 g/mol. The van der Waals surface area contributed by atoms with E-state index in [1.165, 1.54) is 45.1 Å². The first-order valence-electron chi connectivity index (χ1n) is 7.35.